The van der Waals surface area contributed by atoms with Crippen LogP contribution in [0, 0.1) is 11.2 Å². The van der Waals surface area contributed by atoms with Gasteiger partial charge in [0.15, 0.2) is 0 Å². The summed E-state index contributed by atoms with van der Waals surface area (Å²) in [5, 5.41) is 20.0. The van der Waals surface area contributed by atoms with Gasteiger partial charge in [-0.3, -0.25) is 9.59 Å². The molecule has 1 aliphatic heterocycles. The number of rotatable bonds is 7. The van der Waals surface area contributed by atoms with Gasteiger partial charge in [-0.2, -0.15) is 0 Å². The second-order valence-corrected chi connectivity index (χ2v) is 11.8. The molecule has 40 heavy (non-hydrogen) atoms. The zero-order valence-corrected chi connectivity index (χ0v) is 23.3. The number of aliphatic hydroxyl groups excluding tert-OH is 1. The molecule has 210 valence electrons. The highest BCUT2D eigenvalue weighted by Gasteiger charge is 2.50. The lowest BCUT2D eigenvalue weighted by Gasteiger charge is -2.30. The third kappa shape index (κ3) is 5.19. The van der Waals surface area contributed by atoms with E-state index in [1.54, 1.807) is 40.1 Å². The van der Waals surface area contributed by atoms with Gasteiger partial charge in [-0.05, 0) is 60.8 Å². The average Bonchev–Trinajstić information content (AvgIpc) is 3.41. The lowest BCUT2D eigenvalue weighted by molar-refractivity contribution is -0.142. The van der Waals surface area contributed by atoms with E-state index in [1.807, 2.05) is 36.4 Å². The Labute approximate surface area is 234 Å². The van der Waals surface area contributed by atoms with Crippen LogP contribution in [0.4, 0.5) is 15.9 Å². The highest BCUT2D eigenvalue weighted by molar-refractivity contribution is 5.95. The van der Waals surface area contributed by atoms with Crippen LogP contribution < -0.4 is 16.0 Å². The Morgan fingerprint density at radius 3 is 2.67 bits per heavy atom. The van der Waals surface area contributed by atoms with Crippen LogP contribution >= 0.6 is 0 Å². The van der Waals surface area contributed by atoms with Gasteiger partial charge in [0, 0.05) is 41.5 Å². The summed E-state index contributed by atoms with van der Waals surface area (Å²) < 4.78 is 14.9. The fourth-order valence-electron chi connectivity index (χ4n) is 5.88. The summed E-state index contributed by atoms with van der Waals surface area (Å²) in [6.45, 7) is 5.56. The Morgan fingerprint density at radius 2 is 1.93 bits per heavy atom. The number of amides is 2. The lowest BCUT2D eigenvalue weighted by Crippen LogP contribution is -2.43. The van der Waals surface area contributed by atoms with Crippen LogP contribution in [0.5, 0.6) is 0 Å². The van der Waals surface area contributed by atoms with E-state index < -0.39 is 22.9 Å². The summed E-state index contributed by atoms with van der Waals surface area (Å²) in [5.41, 5.74) is 3.63. The molecule has 2 aliphatic rings. The first-order valence-corrected chi connectivity index (χ1v) is 13.5. The van der Waals surface area contributed by atoms with Gasteiger partial charge < -0.3 is 26.0 Å². The number of pyridine rings is 1. The lowest BCUT2D eigenvalue weighted by atomic mass is 9.79. The minimum absolute atomic E-state index is 0.0156. The van der Waals surface area contributed by atoms with E-state index >= 15 is 0 Å². The van der Waals surface area contributed by atoms with Crippen LogP contribution in [-0.2, 0) is 40.9 Å². The van der Waals surface area contributed by atoms with Crippen molar-refractivity contribution in [1.29, 1.82) is 0 Å². The third-order valence-corrected chi connectivity index (χ3v) is 7.84. The number of nitrogens with one attached hydrogen (secondary N) is 3. The number of hydrogen-bond donors (Lipinski definition) is 4. The molecule has 2 amide bonds. The molecule has 1 aliphatic carbocycles. The molecule has 2 heterocycles. The fraction of sp³-hybridized carbons (Fsp3) is 0.387. The highest BCUT2D eigenvalue weighted by Crippen LogP contribution is 2.48. The molecule has 1 spiro atoms. The molecule has 0 radical (unpaired) electrons. The number of nitrogens with zero attached hydrogens (tertiary/aromatic N) is 2. The number of hydrogen-bond acceptors (Lipinski definition) is 6. The molecule has 0 fully saturated rings. The predicted molar refractivity (Wildman–Crippen MR) is 152 cm³/mol. The van der Waals surface area contributed by atoms with Gasteiger partial charge in [-0.25, -0.2) is 9.37 Å². The van der Waals surface area contributed by atoms with Gasteiger partial charge in [0.25, 0.3) is 0 Å². The van der Waals surface area contributed by atoms with E-state index in [9.17, 15) is 19.1 Å². The number of benzene rings is 2. The second-order valence-electron chi connectivity index (χ2n) is 11.8. The number of anilines is 2. The van der Waals surface area contributed by atoms with Crippen LogP contribution in [0.2, 0.25) is 0 Å². The van der Waals surface area contributed by atoms with Crippen molar-refractivity contribution in [2.24, 2.45) is 5.41 Å². The molecule has 3 aromatic rings. The molecule has 0 saturated heterocycles. The Bertz CT molecular complexity index is 1450. The number of fused-ring (bicyclic) bond motifs is 3. The smallest absolute Gasteiger partial charge is 0.244 e. The first-order valence-electron chi connectivity index (χ1n) is 13.5. The quantitative estimate of drug-likeness (QED) is 0.361. The standard InChI is InChI=1S/C31H36FN5O3/c1-30(2,3)29(40)37(17-23-20(16-33-4)7-5-9-25(23)32)18-26(38)35-22-11-10-19-14-31(15-21(19)13-22)24-8-6-12-34-27(24)36-28(31)39/h5-13,28,33,39H,14-18H2,1-4H3,(H,34,36)(H,35,38). The molecule has 1 aromatic heterocycles. The van der Waals surface area contributed by atoms with Crippen molar-refractivity contribution in [3.8, 4) is 0 Å². The zero-order chi connectivity index (χ0) is 28.7. The van der Waals surface area contributed by atoms with Crippen LogP contribution in [-0.4, -0.2) is 46.6 Å². The Hall–Kier alpha value is -3.82. The van der Waals surface area contributed by atoms with E-state index in [-0.39, 0.29) is 24.9 Å². The molecule has 0 bridgehead atoms. The van der Waals surface area contributed by atoms with Crippen molar-refractivity contribution in [2.45, 2.75) is 58.3 Å². The molecule has 9 heteroatoms. The van der Waals surface area contributed by atoms with Gasteiger partial charge in [-0.1, -0.05) is 45.0 Å². The molecule has 5 rings (SSSR count). The SMILES string of the molecule is CNCc1cccc(F)c1CN(CC(=O)Nc1ccc2c(c1)CC1(C2)c2cccnc2NC1O)C(=O)C(C)(C)C. The third-order valence-electron chi connectivity index (χ3n) is 7.84. The van der Waals surface area contributed by atoms with Gasteiger partial charge in [0.1, 0.15) is 24.4 Å². The van der Waals surface area contributed by atoms with Crippen molar-refractivity contribution in [3.63, 3.8) is 0 Å². The topological polar surface area (TPSA) is 107 Å². The van der Waals surface area contributed by atoms with E-state index in [0.717, 1.165) is 22.3 Å². The van der Waals surface area contributed by atoms with Crippen molar-refractivity contribution >= 4 is 23.3 Å². The van der Waals surface area contributed by atoms with Gasteiger partial charge >= 0.3 is 0 Å². The summed E-state index contributed by atoms with van der Waals surface area (Å²) in [7, 11) is 1.78. The van der Waals surface area contributed by atoms with Crippen LogP contribution in [0.15, 0.2) is 54.7 Å². The largest absolute Gasteiger partial charge is 0.373 e. The van der Waals surface area contributed by atoms with Crippen molar-refractivity contribution < 1.29 is 19.1 Å². The van der Waals surface area contributed by atoms with Crippen LogP contribution in [0.1, 0.15) is 48.6 Å². The molecule has 2 aromatic carbocycles. The first kappa shape index (κ1) is 27.7. The molecule has 4 N–H and O–H groups in total. The maximum Gasteiger partial charge on any atom is 0.244 e. The summed E-state index contributed by atoms with van der Waals surface area (Å²) in [6.07, 6.45) is 2.21. The second kappa shape index (κ2) is 10.6. The number of carbonyl (C=O) groups excluding carboxylic acids is 2. The number of carbonyl (C=O) groups is 2. The maximum absolute atomic E-state index is 14.9. The van der Waals surface area contributed by atoms with Gasteiger partial charge in [0.2, 0.25) is 11.8 Å². The van der Waals surface area contributed by atoms with E-state index in [2.05, 4.69) is 20.9 Å². The molecular formula is C31H36FN5O3. The summed E-state index contributed by atoms with van der Waals surface area (Å²) in [6, 6.07) is 14.5. The average molecular weight is 546 g/mol. The summed E-state index contributed by atoms with van der Waals surface area (Å²) in [5.74, 6) is -0.318. The Kier molecular flexibility index (Phi) is 7.37. The maximum atomic E-state index is 14.9. The zero-order valence-electron chi connectivity index (χ0n) is 23.3. The number of aromatic nitrogens is 1. The summed E-state index contributed by atoms with van der Waals surface area (Å²) in [4.78, 5) is 32.4. The Balaban J connectivity index is 1.34. The molecule has 8 nitrogen and oxygen atoms in total. The number of aliphatic hydroxyl groups is 1. The van der Waals surface area contributed by atoms with E-state index in [4.69, 9.17) is 0 Å². The first-order chi connectivity index (χ1) is 19.0. The van der Waals surface area contributed by atoms with Crippen molar-refractivity contribution in [2.75, 3.05) is 24.2 Å². The van der Waals surface area contributed by atoms with Crippen molar-refractivity contribution in [3.05, 3.63) is 88.4 Å². The molecule has 2 unspecified atom stereocenters. The monoisotopic (exact) mass is 545 g/mol. The number of halogens is 1. The predicted octanol–water partition coefficient (Wildman–Crippen LogP) is 3.73. The minimum Gasteiger partial charge on any atom is -0.373 e. The summed E-state index contributed by atoms with van der Waals surface area (Å²) >= 11 is 0. The van der Waals surface area contributed by atoms with Gasteiger partial charge in [-0.15, -0.1) is 0 Å². The molecular weight excluding hydrogens is 509 g/mol. The van der Waals surface area contributed by atoms with Gasteiger partial charge in [0.05, 0.1) is 5.41 Å². The normalized spacial score (nSPS) is 19.2. The highest BCUT2D eigenvalue weighted by atomic mass is 19.1. The molecule has 2 atom stereocenters. The molecule has 0 saturated carbocycles. The van der Waals surface area contributed by atoms with Crippen molar-refractivity contribution in [1.82, 2.24) is 15.2 Å². The Morgan fingerprint density at radius 1 is 1.15 bits per heavy atom. The van der Waals surface area contributed by atoms with Crippen LogP contribution in [0.3, 0.4) is 0 Å². The van der Waals surface area contributed by atoms with Crippen LogP contribution in [0.25, 0.3) is 0 Å². The minimum atomic E-state index is -0.758. The van der Waals surface area contributed by atoms with E-state index in [1.165, 1.54) is 11.0 Å². The fourth-order valence-corrected chi connectivity index (χ4v) is 5.88. The van der Waals surface area contributed by atoms with E-state index in [0.29, 0.717) is 36.5 Å².